The van der Waals surface area contributed by atoms with Crippen LogP contribution in [0.4, 0.5) is 0 Å². The first-order chi connectivity index (χ1) is 11.9. The molecule has 2 atom stereocenters. The number of carbonyl (C=O) groups is 2. The number of benzene rings is 1. The molecule has 25 heavy (non-hydrogen) atoms. The van der Waals surface area contributed by atoms with Crippen LogP contribution in [-0.4, -0.2) is 66.1 Å². The van der Waals surface area contributed by atoms with Crippen LogP contribution in [0.5, 0.6) is 5.75 Å². The van der Waals surface area contributed by atoms with E-state index in [4.69, 9.17) is 4.74 Å². The summed E-state index contributed by atoms with van der Waals surface area (Å²) in [5, 5.41) is 9.97. The monoisotopic (exact) mass is 346 g/mol. The van der Waals surface area contributed by atoms with Crippen molar-refractivity contribution >= 4 is 11.8 Å². The molecule has 2 aliphatic rings. The highest BCUT2D eigenvalue weighted by Gasteiger charge is 2.54. The Bertz CT molecular complexity index is 634. The van der Waals surface area contributed by atoms with Crippen molar-refractivity contribution in [1.82, 2.24) is 9.80 Å². The highest BCUT2D eigenvalue weighted by atomic mass is 16.5. The molecular weight excluding hydrogens is 320 g/mol. The molecule has 2 amide bonds. The summed E-state index contributed by atoms with van der Waals surface area (Å²) < 4.78 is 5.54. The molecule has 6 nitrogen and oxygen atoms in total. The van der Waals surface area contributed by atoms with Gasteiger partial charge in [0.05, 0.1) is 6.61 Å². The summed E-state index contributed by atoms with van der Waals surface area (Å²) in [5.41, 5.74) is -0.396. The number of fused-ring (bicyclic) bond motifs is 1. The van der Waals surface area contributed by atoms with Crippen LogP contribution in [0.15, 0.2) is 30.3 Å². The minimum atomic E-state index is -0.396. The van der Waals surface area contributed by atoms with Crippen LogP contribution in [0, 0.1) is 17.3 Å². The van der Waals surface area contributed by atoms with Crippen molar-refractivity contribution in [3.63, 3.8) is 0 Å². The minimum absolute atomic E-state index is 0.00706. The molecule has 2 saturated heterocycles. The zero-order valence-electron chi connectivity index (χ0n) is 14.9. The van der Waals surface area contributed by atoms with Gasteiger partial charge in [-0.2, -0.15) is 0 Å². The first kappa shape index (κ1) is 17.7. The maximum Gasteiger partial charge on any atom is 0.260 e. The number of carbonyl (C=O) groups excluding carboxylic acids is 2. The van der Waals surface area contributed by atoms with Crippen molar-refractivity contribution in [1.29, 1.82) is 0 Å². The van der Waals surface area contributed by atoms with E-state index >= 15 is 0 Å². The Kier molecular flexibility index (Phi) is 4.99. The third-order valence-electron chi connectivity index (χ3n) is 5.34. The quantitative estimate of drug-likeness (QED) is 0.864. The Morgan fingerprint density at radius 2 is 1.84 bits per heavy atom. The number of likely N-dealkylation sites (tertiary alicyclic amines) is 2. The van der Waals surface area contributed by atoms with E-state index in [-0.39, 0.29) is 36.9 Å². The predicted molar refractivity (Wildman–Crippen MR) is 92.9 cm³/mol. The second kappa shape index (κ2) is 7.04. The maximum atomic E-state index is 12.5. The molecule has 0 bridgehead atoms. The molecule has 2 fully saturated rings. The highest BCUT2D eigenvalue weighted by molar-refractivity contribution is 5.80. The van der Waals surface area contributed by atoms with Gasteiger partial charge in [0.25, 0.3) is 5.91 Å². The lowest BCUT2D eigenvalue weighted by atomic mass is 9.82. The molecule has 0 aliphatic carbocycles. The summed E-state index contributed by atoms with van der Waals surface area (Å²) in [6.45, 7) is 5.94. The Hall–Kier alpha value is -2.08. The highest BCUT2D eigenvalue weighted by Crippen LogP contribution is 2.42. The van der Waals surface area contributed by atoms with Crippen LogP contribution in [0.25, 0.3) is 0 Å². The first-order valence-corrected chi connectivity index (χ1v) is 8.80. The van der Waals surface area contributed by atoms with E-state index in [9.17, 15) is 14.7 Å². The number of hydrogen-bond donors (Lipinski definition) is 1. The van der Waals surface area contributed by atoms with Crippen molar-refractivity contribution in [3.05, 3.63) is 30.3 Å². The van der Waals surface area contributed by atoms with Crippen LogP contribution in [0.2, 0.25) is 0 Å². The SMILES string of the molecule is CC(C)C(=O)N1C[C@@H]2CN(C(=O)COc3ccccc3)C[C@]2(CO)C1. The summed E-state index contributed by atoms with van der Waals surface area (Å²) in [5.74, 6) is 0.786. The van der Waals surface area contributed by atoms with Gasteiger partial charge in [-0.3, -0.25) is 9.59 Å². The Morgan fingerprint density at radius 3 is 2.44 bits per heavy atom. The molecule has 0 aromatic heterocycles. The Labute approximate surface area is 148 Å². The number of hydrogen-bond acceptors (Lipinski definition) is 4. The fraction of sp³-hybridized carbons (Fsp3) is 0.579. The number of para-hydroxylation sites is 1. The van der Waals surface area contributed by atoms with Gasteiger partial charge in [-0.15, -0.1) is 0 Å². The van der Waals surface area contributed by atoms with Crippen molar-refractivity contribution < 1.29 is 19.4 Å². The van der Waals surface area contributed by atoms with Gasteiger partial charge in [-0.1, -0.05) is 32.0 Å². The van der Waals surface area contributed by atoms with Gasteiger partial charge in [0.1, 0.15) is 5.75 Å². The van der Waals surface area contributed by atoms with E-state index in [1.807, 2.05) is 49.1 Å². The molecule has 6 heteroatoms. The average molecular weight is 346 g/mol. The van der Waals surface area contributed by atoms with Gasteiger partial charge >= 0.3 is 0 Å². The number of aliphatic hydroxyl groups excluding tert-OH is 1. The third-order valence-corrected chi connectivity index (χ3v) is 5.34. The fourth-order valence-corrected chi connectivity index (χ4v) is 3.88. The predicted octanol–water partition coefficient (Wildman–Crippen LogP) is 1.00. The van der Waals surface area contributed by atoms with Gasteiger partial charge in [0.15, 0.2) is 6.61 Å². The molecule has 0 spiro atoms. The van der Waals surface area contributed by atoms with Gasteiger partial charge in [-0.25, -0.2) is 0 Å². The van der Waals surface area contributed by atoms with E-state index in [0.29, 0.717) is 31.9 Å². The molecule has 3 rings (SSSR count). The van der Waals surface area contributed by atoms with Crippen LogP contribution < -0.4 is 4.74 Å². The standard InChI is InChI=1S/C19H26N2O4/c1-14(2)18(24)21-9-15-8-20(11-19(15,12-21)13-22)17(23)10-25-16-6-4-3-5-7-16/h3-7,14-15,22H,8-13H2,1-2H3/t15-,19+/m0/s1. The molecule has 0 radical (unpaired) electrons. The molecule has 0 unspecified atom stereocenters. The summed E-state index contributed by atoms with van der Waals surface area (Å²) >= 11 is 0. The lowest BCUT2D eigenvalue weighted by molar-refractivity contribution is -0.135. The molecule has 1 aromatic rings. The van der Waals surface area contributed by atoms with Gasteiger partial charge in [-0.05, 0) is 12.1 Å². The Morgan fingerprint density at radius 1 is 1.20 bits per heavy atom. The van der Waals surface area contributed by atoms with Crippen molar-refractivity contribution in [2.24, 2.45) is 17.3 Å². The fourth-order valence-electron chi connectivity index (χ4n) is 3.88. The maximum absolute atomic E-state index is 12.5. The molecule has 136 valence electrons. The number of amides is 2. The van der Waals surface area contributed by atoms with E-state index < -0.39 is 5.41 Å². The third kappa shape index (κ3) is 3.49. The van der Waals surface area contributed by atoms with E-state index in [1.54, 1.807) is 4.90 Å². The summed E-state index contributed by atoms with van der Waals surface area (Å²) in [7, 11) is 0. The van der Waals surface area contributed by atoms with Crippen molar-refractivity contribution in [2.75, 3.05) is 39.4 Å². The molecule has 1 aromatic carbocycles. The number of aliphatic hydroxyl groups is 1. The zero-order valence-corrected chi connectivity index (χ0v) is 14.9. The van der Waals surface area contributed by atoms with Gasteiger partial charge in [0, 0.05) is 43.4 Å². The summed E-state index contributed by atoms with van der Waals surface area (Å²) in [6.07, 6.45) is 0. The largest absolute Gasteiger partial charge is 0.484 e. The second-order valence-electron chi connectivity index (χ2n) is 7.47. The van der Waals surface area contributed by atoms with Crippen molar-refractivity contribution in [3.8, 4) is 5.75 Å². The average Bonchev–Trinajstić information content (AvgIpc) is 3.14. The van der Waals surface area contributed by atoms with Crippen LogP contribution in [0.1, 0.15) is 13.8 Å². The first-order valence-electron chi connectivity index (χ1n) is 8.80. The normalized spacial score (nSPS) is 25.4. The van der Waals surface area contributed by atoms with Crippen LogP contribution in [-0.2, 0) is 9.59 Å². The van der Waals surface area contributed by atoms with E-state index in [0.717, 1.165) is 0 Å². The molecule has 0 saturated carbocycles. The number of rotatable bonds is 5. The van der Waals surface area contributed by atoms with E-state index in [2.05, 4.69) is 0 Å². The molecule has 1 N–H and O–H groups in total. The van der Waals surface area contributed by atoms with Crippen molar-refractivity contribution in [2.45, 2.75) is 13.8 Å². The smallest absolute Gasteiger partial charge is 0.260 e. The molecule has 2 aliphatic heterocycles. The minimum Gasteiger partial charge on any atom is -0.484 e. The second-order valence-corrected chi connectivity index (χ2v) is 7.47. The van der Waals surface area contributed by atoms with Gasteiger partial charge < -0.3 is 19.6 Å². The summed E-state index contributed by atoms with van der Waals surface area (Å²) in [4.78, 5) is 28.3. The molecular formula is C19H26N2O4. The van der Waals surface area contributed by atoms with Crippen LogP contribution >= 0.6 is 0 Å². The summed E-state index contributed by atoms with van der Waals surface area (Å²) in [6, 6.07) is 9.25. The Balaban J connectivity index is 1.59. The van der Waals surface area contributed by atoms with Gasteiger partial charge in [0.2, 0.25) is 5.91 Å². The number of nitrogens with zero attached hydrogens (tertiary/aromatic N) is 2. The lowest BCUT2D eigenvalue weighted by Gasteiger charge is -2.28. The lowest BCUT2D eigenvalue weighted by Crippen LogP contribution is -2.42. The topological polar surface area (TPSA) is 70.1 Å². The number of ether oxygens (including phenoxy) is 1. The molecule has 2 heterocycles. The zero-order chi connectivity index (χ0) is 18.0. The van der Waals surface area contributed by atoms with Crippen LogP contribution in [0.3, 0.4) is 0 Å². The van der Waals surface area contributed by atoms with E-state index in [1.165, 1.54) is 0 Å².